The number of anilines is 1. The Kier molecular flexibility index (Phi) is 6.59. The van der Waals surface area contributed by atoms with Crippen LogP contribution in [0.4, 0.5) is 5.13 Å². The Morgan fingerprint density at radius 3 is 2.66 bits per heavy atom. The van der Waals surface area contributed by atoms with Crippen LogP contribution in [-0.2, 0) is 10.0 Å². The van der Waals surface area contributed by atoms with E-state index in [-0.39, 0.29) is 10.8 Å². The second-order valence-corrected chi connectivity index (χ2v) is 11.0. The minimum Gasteiger partial charge on any atom is -0.490 e. The number of piperidine rings is 1. The highest BCUT2D eigenvalue weighted by atomic mass is 32.2. The van der Waals surface area contributed by atoms with Crippen molar-refractivity contribution in [1.29, 1.82) is 0 Å². The number of para-hydroxylation sites is 1. The van der Waals surface area contributed by atoms with E-state index in [1.165, 1.54) is 39.9 Å². The van der Waals surface area contributed by atoms with Crippen LogP contribution in [-0.4, -0.2) is 43.3 Å². The molecule has 0 aliphatic carbocycles. The van der Waals surface area contributed by atoms with Gasteiger partial charge in [0.25, 0.3) is 5.91 Å². The molecule has 4 aromatic rings. The number of carbonyl (C=O) groups is 1. The van der Waals surface area contributed by atoms with E-state index in [2.05, 4.69) is 10.3 Å². The fraction of sp³-hybridized carbons (Fsp3) is 0.280. The van der Waals surface area contributed by atoms with Gasteiger partial charge in [0.15, 0.2) is 22.2 Å². The molecule has 0 spiro atoms. The second-order valence-electron chi connectivity index (χ2n) is 8.20. The van der Waals surface area contributed by atoms with Crippen LogP contribution >= 0.6 is 11.3 Å². The van der Waals surface area contributed by atoms with Crippen molar-refractivity contribution in [3.63, 3.8) is 0 Å². The number of thiazole rings is 1. The van der Waals surface area contributed by atoms with Gasteiger partial charge in [-0.2, -0.15) is 4.31 Å². The lowest BCUT2D eigenvalue weighted by atomic mass is 10.2. The van der Waals surface area contributed by atoms with Gasteiger partial charge in [-0.05, 0) is 56.2 Å². The average molecular weight is 512 g/mol. The number of rotatable bonds is 7. The fourth-order valence-corrected chi connectivity index (χ4v) is 6.29. The quantitative estimate of drug-likeness (QED) is 0.357. The van der Waals surface area contributed by atoms with Crippen LogP contribution in [0.2, 0.25) is 0 Å². The normalized spacial score (nSPS) is 14.8. The molecule has 1 saturated heterocycles. The van der Waals surface area contributed by atoms with Crippen LogP contribution in [0.5, 0.6) is 5.75 Å². The number of carbonyl (C=O) groups excluding carboxylic acids is 1. The van der Waals surface area contributed by atoms with Crippen LogP contribution in [0.1, 0.15) is 36.5 Å². The zero-order valence-corrected chi connectivity index (χ0v) is 20.8. The largest absolute Gasteiger partial charge is 0.490 e. The van der Waals surface area contributed by atoms with E-state index in [9.17, 15) is 13.2 Å². The summed E-state index contributed by atoms with van der Waals surface area (Å²) in [4.78, 5) is 17.4. The Bertz CT molecular complexity index is 1450. The van der Waals surface area contributed by atoms with Gasteiger partial charge >= 0.3 is 0 Å². The van der Waals surface area contributed by atoms with E-state index in [0.29, 0.717) is 53.2 Å². The summed E-state index contributed by atoms with van der Waals surface area (Å²) >= 11 is 1.28. The topological polar surface area (TPSA) is 102 Å². The van der Waals surface area contributed by atoms with E-state index >= 15 is 0 Å². The average Bonchev–Trinajstić information content (AvgIpc) is 3.52. The third-order valence-corrected chi connectivity index (χ3v) is 8.52. The van der Waals surface area contributed by atoms with E-state index < -0.39 is 10.0 Å². The van der Waals surface area contributed by atoms with Crippen molar-refractivity contribution in [3.05, 3.63) is 59.5 Å². The van der Waals surface area contributed by atoms with Crippen molar-refractivity contribution < 1.29 is 22.4 Å². The molecule has 0 bridgehead atoms. The predicted molar refractivity (Wildman–Crippen MR) is 135 cm³/mol. The molecule has 0 atom stereocenters. The molecule has 1 aliphatic rings. The summed E-state index contributed by atoms with van der Waals surface area (Å²) in [6.07, 6.45) is 2.79. The summed E-state index contributed by atoms with van der Waals surface area (Å²) in [5.74, 6) is 0.887. The molecule has 2 aromatic heterocycles. The maximum absolute atomic E-state index is 12.8. The van der Waals surface area contributed by atoms with Gasteiger partial charge in [-0.1, -0.05) is 18.6 Å². The molecule has 182 valence electrons. The van der Waals surface area contributed by atoms with Crippen molar-refractivity contribution in [3.8, 4) is 17.2 Å². The Balaban J connectivity index is 1.29. The Hall–Kier alpha value is -3.21. The third-order valence-electron chi connectivity index (χ3n) is 5.85. The zero-order valence-electron chi connectivity index (χ0n) is 19.2. The lowest BCUT2D eigenvalue weighted by Gasteiger charge is -2.25. The zero-order chi connectivity index (χ0) is 24.4. The van der Waals surface area contributed by atoms with Crippen molar-refractivity contribution in [2.45, 2.75) is 31.1 Å². The highest BCUT2D eigenvalue weighted by molar-refractivity contribution is 7.89. The molecule has 35 heavy (non-hydrogen) atoms. The number of aromatic nitrogens is 1. The van der Waals surface area contributed by atoms with Crippen LogP contribution in [0, 0.1) is 0 Å². The number of amides is 1. The maximum Gasteiger partial charge on any atom is 0.257 e. The summed E-state index contributed by atoms with van der Waals surface area (Å²) in [6, 6.07) is 13.6. The number of fused-ring (bicyclic) bond motifs is 1. The van der Waals surface area contributed by atoms with Crippen molar-refractivity contribution in [1.82, 2.24) is 9.29 Å². The molecule has 0 radical (unpaired) electrons. The highest BCUT2D eigenvalue weighted by Crippen LogP contribution is 2.34. The predicted octanol–water partition coefficient (Wildman–Crippen LogP) is 5.38. The number of furan rings is 1. The summed E-state index contributed by atoms with van der Waals surface area (Å²) in [6.45, 7) is 3.52. The van der Waals surface area contributed by atoms with Crippen molar-refractivity contribution in [2.24, 2.45) is 0 Å². The monoisotopic (exact) mass is 511 g/mol. The molecule has 10 heteroatoms. The van der Waals surface area contributed by atoms with Crippen LogP contribution in [0.25, 0.3) is 22.4 Å². The Morgan fingerprint density at radius 1 is 1.14 bits per heavy atom. The standard InChI is InChI=1S/C25H25N3O5S2/c1-2-32-21-8-6-7-18-15-22(33-23(18)21)20-16-34-25(26-20)27-24(29)17-9-11-19(12-10-17)35(30,31)28-13-4-3-5-14-28/h6-12,15-16H,2-5,13-14H2,1H3,(H,26,27,29). The number of hydrogen-bond acceptors (Lipinski definition) is 7. The lowest BCUT2D eigenvalue weighted by molar-refractivity contribution is 0.102. The first-order chi connectivity index (χ1) is 17.0. The molecule has 3 heterocycles. The number of hydrogen-bond donors (Lipinski definition) is 1. The smallest absolute Gasteiger partial charge is 0.257 e. The van der Waals surface area contributed by atoms with Crippen LogP contribution in [0.3, 0.4) is 0 Å². The van der Waals surface area contributed by atoms with Gasteiger partial charge in [-0.3, -0.25) is 10.1 Å². The maximum atomic E-state index is 12.8. The molecule has 0 unspecified atom stereocenters. The van der Waals surface area contributed by atoms with Gasteiger partial charge in [0, 0.05) is 29.4 Å². The van der Waals surface area contributed by atoms with E-state index in [0.717, 1.165) is 24.6 Å². The van der Waals surface area contributed by atoms with Crippen molar-refractivity contribution in [2.75, 3.05) is 25.0 Å². The number of nitrogens with zero attached hydrogens (tertiary/aromatic N) is 2. The molecule has 2 aromatic carbocycles. The number of benzene rings is 2. The summed E-state index contributed by atoms with van der Waals surface area (Å²) in [5, 5.41) is 5.91. The van der Waals surface area contributed by atoms with Gasteiger partial charge in [0.1, 0.15) is 5.69 Å². The number of ether oxygens (including phenoxy) is 1. The van der Waals surface area contributed by atoms with Crippen LogP contribution in [0.15, 0.2) is 63.2 Å². The Labute approximate surface area is 207 Å². The van der Waals surface area contributed by atoms with Crippen LogP contribution < -0.4 is 10.1 Å². The molecule has 1 fully saturated rings. The molecular weight excluding hydrogens is 486 g/mol. The third kappa shape index (κ3) is 4.82. The number of sulfonamides is 1. The SMILES string of the molecule is CCOc1cccc2cc(-c3csc(NC(=O)c4ccc(S(=O)(=O)N5CCCCC5)cc4)n3)oc12. The van der Waals surface area contributed by atoms with Gasteiger partial charge in [-0.15, -0.1) is 11.3 Å². The fourth-order valence-electron chi connectivity index (χ4n) is 4.08. The van der Waals surface area contributed by atoms with Gasteiger partial charge in [-0.25, -0.2) is 13.4 Å². The van der Waals surface area contributed by atoms with Crippen molar-refractivity contribution >= 4 is 43.4 Å². The molecule has 1 amide bonds. The summed E-state index contributed by atoms with van der Waals surface area (Å²) in [5.41, 5.74) is 1.61. The van der Waals surface area contributed by atoms with E-state index in [1.54, 1.807) is 0 Å². The minimum absolute atomic E-state index is 0.198. The number of nitrogens with one attached hydrogen (secondary N) is 1. The first kappa shape index (κ1) is 23.5. The summed E-state index contributed by atoms with van der Waals surface area (Å²) in [7, 11) is -3.54. The molecule has 1 aliphatic heterocycles. The second kappa shape index (κ2) is 9.80. The first-order valence-corrected chi connectivity index (χ1v) is 13.8. The highest BCUT2D eigenvalue weighted by Gasteiger charge is 2.26. The lowest BCUT2D eigenvalue weighted by Crippen LogP contribution is -2.35. The molecule has 5 rings (SSSR count). The van der Waals surface area contributed by atoms with E-state index in [1.807, 2.05) is 36.6 Å². The molecule has 1 N–H and O–H groups in total. The molecule has 0 saturated carbocycles. The van der Waals surface area contributed by atoms with Gasteiger partial charge in [0.2, 0.25) is 10.0 Å². The van der Waals surface area contributed by atoms with E-state index in [4.69, 9.17) is 9.15 Å². The summed E-state index contributed by atoms with van der Waals surface area (Å²) < 4.78 is 38.8. The Morgan fingerprint density at radius 2 is 1.91 bits per heavy atom. The van der Waals surface area contributed by atoms with Gasteiger partial charge < -0.3 is 9.15 Å². The molecular formula is C25H25N3O5S2. The van der Waals surface area contributed by atoms with Gasteiger partial charge in [0.05, 0.1) is 11.5 Å². The first-order valence-electron chi connectivity index (χ1n) is 11.5. The minimum atomic E-state index is -3.54. The molecule has 8 nitrogen and oxygen atoms in total.